The number of rotatable bonds is 7. The highest BCUT2D eigenvalue weighted by Gasteiger charge is 2.12. The topological polar surface area (TPSA) is 69.8 Å². The highest BCUT2D eigenvalue weighted by atomic mass is 16.3. The van der Waals surface area contributed by atoms with Gasteiger partial charge in [-0.25, -0.2) is 0 Å². The quantitative estimate of drug-likeness (QED) is 0.580. The Bertz CT molecular complexity index is 186. The number of carbonyl (C=O) groups excluding carboxylic acids is 1. The number of hydrogen-bond acceptors (Lipinski definition) is 4. The van der Waals surface area contributed by atoms with E-state index in [4.69, 9.17) is 10.8 Å². The predicted molar refractivity (Wildman–Crippen MR) is 60.5 cm³/mol. The molecule has 0 aliphatic carbocycles. The van der Waals surface area contributed by atoms with Crippen LogP contribution in [0.3, 0.4) is 0 Å². The van der Waals surface area contributed by atoms with Gasteiger partial charge in [-0.05, 0) is 26.9 Å². The Morgan fingerprint density at radius 1 is 1.47 bits per heavy atom. The van der Waals surface area contributed by atoms with Crippen molar-refractivity contribution in [2.45, 2.75) is 19.4 Å². The first-order chi connectivity index (χ1) is 6.97. The fourth-order valence-corrected chi connectivity index (χ4v) is 1.32. The largest absolute Gasteiger partial charge is 0.392 e. The molecular weight excluding hydrogens is 194 g/mol. The van der Waals surface area contributed by atoms with E-state index in [2.05, 4.69) is 0 Å². The van der Waals surface area contributed by atoms with Gasteiger partial charge in [-0.1, -0.05) is 0 Å². The van der Waals surface area contributed by atoms with Gasteiger partial charge in [-0.3, -0.25) is 9.69 Å². The second-order valence-corrected chi connectivity index (χ2v) is 4.00. The third kappa shape index (κ3) is 7.30. The van der Waals surface area contributed by atoms with Crippen LogP contribution in [0, 0.1) is 0 Å². The molecule has 0 aliphatic rings. The van der Waals surface area contributed by atoms with Gasteiger partial charge < -0.3 is 15.7 Å². The SMILES string of the molecule is CC(O)CN(C)CC(=O)N(C)CCCN. The molecule has 15 heavy (non-hydrogen) atoms. The van der Waals surface area contributed by atoms with Crippen LogP contribution in [0.15, 0.2) is 0 Å². The Kier molecular flexibility index (Phi) is 7.29. The van der Waals surface area contributed by atoms with Crippen LogP contribution >= 0.6 is 0 Å². The van der Waals surface area contributed by atoms with Gasteiger partial charge >= 0.3 is 0 Å². The third-order valence-corrected chi connectivity index (χ3v) is 2.10. The van der Waals surface area contributed by atoms with Crippen molar-refractivity contribution in [2.24, 2.45) is 5.73 Å². The average molecular weight is 217 g/mol. The molecule has 1 unspecified atom stereocenters. The lowest BCUT2D eigenvalue weighted by atomic mass is 10.3. The van der Waals surface area contributed by atoms with Crippen LogP contribution in [0.1, 0.15) is 13.3 Å². The van der Waals surface area contributed by atoms with Crippen LogP contribution in [0.25, 0.3) is 0 Å². The van der Waals surface area contributed by atoms with Gasteiger partial charge in [0.15, 0.2) is 0 Å². The van der Waals surface area contributed by atoms with Gasteiger partial charge in [-0.15, -0.1) is 0 Å². The van der Waals surface area contributed by atoms with Gasteiger partial charge in [0.25, 0.3) is 0 Å². The number of hydrogen-bond donors (Lipinski definition) is 2. The number of likely N-dealkylation sites (N-methyl/N-ethyl adjacent to an activating group) is 2. The van der Waals surface area contributed by atoms with Gasteiger partial charge in [0.05, 0.1) is 12.6 Å². The number of aliphatic hydroxyl groups is 1. The van der Waals surface area contributed by atoms with Crippen LogP contribution in [0.5, 0.6) is 0 Å². The minimum absolute atomic E-state index is 0.0617. The van der Waals surface area contributed by atoms with Crippen LogP contribution in [0.4, 0.5) is 0 Å². The molecular formula is C10H23N3O2. The lowest BCUT2D eigenvalue weighted by Crippen LogP contribution is -2.39. The predicted octanol–water partition coefficient (Wildman–Crippen LogP) is -0.894. The van der Waals surface area contributed by atoms with E-state index >= 15 is 0 Å². The molecule has 1 atom stereocenters. The molecule has 0 spiro atoms. The highest BCUT2D eigenvalue weighted by Crippen LogP contribution is 1.93. The van der Waals surface area contributed by atoms with Crippen LogP contribution in [-0.2, 0) is 4.79 Å². The summed E-state index contributed by atoms with van der Waals surface area (Å²) in [5.41, 5.74) is 5.36. The fourth-order valence-electron chi connectivity index (χ4n) is 1.32. The van der Waals surface area contributed by atoms with E-state index in [1.807, 2.05) is 11.9 Å². The number of carbonyl (C=O) groups is 1. The van der Waals surface area contributed by atoms with Crippen LogP contribution in [0.2, 0.25) is 0 Å². The van der Waals surface area contributed by atoms with E-state index in [0.717, 1.165) is 6.42 Å². The summed E-state index contributed by atoms with van der Waals surface area (Å²) in [7, 11) is 3.59. The van der Waals surface area contributed by atoms with Gasteiger partial charge in [-0.2, -0.15) is 0 Å². The summed E-state index contributed by atoms with van der Waals surface area (Å²) < 4.78 is 0. The summed E-state index contributed by atoms with van der Waals surface area (Å²) in [6.45, 7) is 3.85. The van der Waals surface area contributed by atoms with Gasteiger partial charge in [0, 0.05) is 20.1 Å². The van der Waals surface area contributed by atoms with E-state index in [0.29, 0.717) is 26.2 Å². The van der Waals surface area contributed by atoms with Crippen molar-refractivity contribution in [3.8, 4) is 0 Å². The van der Waals surface area contributed by atoms with E-state index in [9.17, 15) is 4.79 Å². The molecule has 0 aromatic rings. The Balaban J connectivity index is 3.80. The van der Waals surface area contributed by atoms with Crippen molar-refractivity contribution in [1.82, 2.24) is 9.80 Å². The minimum Gasteiger partial charge on any atom is -0.392 e. The smallest absolute Gasteiger partial charge is 0.236 e. The maximum atomic E-state index is 11.6. The second kappa shape index (κ2) is 7.62. The second-order valence-electron chi connectivity index (χ2n) is 4.00. The van der Waals surface area contributed by atoms with E-state index in [1.54, 1.807) is 18.9 Å². The summed E-state index contributed by atoms with van der Waals surface area (Å²) in [4.78, 5) is 15.1. The molecule has 0 aliphatic heterocycles. The standard InChI is InChI=1S/C10H23N3O2/c1-9(14)7-12(2)8-10(15)13(3)6-4-5-11/h9,14H,4-8,11H2,1-3H3. The molecule has 0 bridgehead atoms. The Morgan fingerprint density at radius 2 is 2.07 bits per heavy atom. The van der Waals surface area contributed by atoms with Crippen molar-refractivity contribution in [1.29, 1.82) is 0 Å². The first-order valence-electron chi connectivity index (χ1n) is 5.28. The zero-order valence-corrected chi connectivity index (χ0v) is 9.94. The van der Waals surface area contributed by atoms with Crippen molar-refractivity contribution < 1.29 is 9.90 Å². The Hall–Kier alpha value is -0.650. The summed E-state index contributed by atoms with van der Waals surface area (Å²) in [6.07, 6.45) is 0.416. The molecule has 0 fully saturated rings. The van der Waals surface area contributed by atoms with Gasteiger partial charge in [0.2, 0.25) is 5.91 Å². The molecule has 5 nitrogen and oxygen atoms in total. The molecule has 0 rings (SSSR count). The van der Waals surface area contributed by atoms with E-state index < -0.39 is 6.10 Å². The number of aliphatic hydroxyl groups excluding tert-OH is 1. The molecule has 1 amide bonds. The maximum absolute atomic E-state index is 11.6. The molecule has 0 aromatic heterocycles. The van der Waals surface area contributed by atoms with Crippen molar-refractivity contribution in [2.75, 3.05) is 40.3 Å². The van der Waals surface area contributed by atoms with E-state index in [-0.39, 0.29) is 5.91 Å². The van der Waals surface area contributed by atoms with Crippen molar-refractivity contribution in [3.05, 3.63) is 0 Å². The van der Waals surface area contributed by atoms with Crippen LogP contribution in [-0.4, -0.2) is 67.2 Å². The summed E-state index contributed by atoms with van der Waals surface area (Å²) >= 11 is 0. The van der Waals surface area contributed by atoms with Crippen molar-refractivity contribution >= 4 is 5.91 Å². The van der Waals surface area contributed by atoms with E-state index in [1.165, 1.54) is 0 Å². The maximum Gasteiger partial charge on any atom is 0.236 e. The molecule has 0 saturated heterocycles. The van der Waals surface area contributed by atoms with Crippen LogP contribution < -0.4 is 5.73 Å². The molecule has 0 radical (unpaired) electrons. The summed E-state index contributed by atoms with van der Waals surface area (Å²) in [5.74, 6) is 0.0617. The first-order valence-corrected chi connectivity index (χ1v) is 5.28. The number of amides is 1. The third-order valence-electron chi connectivity index (χ3n) is 2.10. The molecule has 3 N–H and O–H groups in total. The molecule has 0 aromatic carbocycles. The number of nitrogens with zero attached hydrogens (tertiary/aromatic N) is 2. The van der Waals surface area contributed by atoms with Gasteiger partial charge in [0.1, 0.15) is 0 Å². The number of nitrogens with two attached hydrogens (primary N) is 1. The minimum atomic E-state index is -0.405. The Labute approximate surface area is 91.8 Å². The summed E-state index contributed by atoms with van der Waals surface area (Å²) in [5, 5.41) is 9.13. The first kappa shape index (κ1) is 14.3. The molecule has 5 heteroatoms. The lowest BCUT2D eigenvalue weighted by molar-refractivity contribution is -0.131. The molecule has 0 heterocycles. The lowest BCUT2D eigenvalue weighted by Gasteiger charge is -2.22. The highest BCUT2D eigenvalue weighted by molar-refractivity contribution is 5.77. The molecule has 0 saturated carbocycles. The average Bonchev–Trinajstić information content (AvgIpc) is 2.12. The normalized spacial score (nSPS) is 12.9. The van der Waals surface area contributed by atoms with Crippen molar-refractivity contribution in [3.63, 3.8) is 0 Å². The zero-order valence-electron chi connectivity index (χ0n) is 9.94. The fraction of sp³-hybridized carbons (Fsp3) is 0.900. The summed E-state index contributed by atoms with van der Waals surface area (Å²) in [6, 6.07) is 0. The monoisotopic (exact) mass is 217 g/mol. The molecule has 90 valence electrons. The zero-order chi connectivity index (χ0) is 11.8. The Morgan fingerprint density at radius 3 is 2.53 bits per heavy atom.